The third-order valence-corrected chi connectivity index (χ3v) is 4.31. The van der Waals surface area contributed by atoms with E-state index in [4.69, 9.17) is 9.47 Å². The van der Waals surface area contributed by atoms with Crippen molar-refractivity contribution < 1.29 is 9.47 Å². The van der Waals surface area contributed by atoms with Crippen LogP contribution in [-0.2, 0) is 9.47 Å². The number of unbranched alkanes of at least 4 members (excludes halogenated alkanes) is 1. The number of anilines is 1. The lowest BCUT2D eigenvalue weighted by Gasteiger charge is -2.16. The van der Waals surface area contributed by atoms with E-state index >= 15 is 0 Å². The molecule has 0 saturated carbocycles. The van der Waals surface area contributed by atoms with Gasteiger partial charge in [0.25, 0.3) is 0 Å². The fourth-order valence-corrected chi connectivity index (χ4v) is 2.99. The molecule has 0 aromatic carbocycles. The molecule has 1 saturated heterocycles. The average Bonchev–Trinajstić information content (AvgIpc) is 2.92. The Morgan fingerprint density at radius 1 is 1.57 bits per heavy atom. The highest BCUT2D eigenvalue weighted by Crippen LogP contribution is 2.31. The SMILES string of the molecule is CCCCOC[C@H]1O[C@@H](n2ccc(N(C)C)nc2=O)CS1. The van der Waals surface area contributed by atoms with Crippen LogP contribution in [0.1, 0.15) is 26.0 Å². The summed E-state index contributed by atoms with van der Waals surface area (Å²) in [5.41, 5.74) is -0.286. The number of nitrogens with zero attached hydrogens (tertiary/aromatic N) is 3. The second kappa shape index (κ2) is 7.82. The molecule has 2 rings (SSSR count). The minimum atomic E-state index is -0.278. The Morgan fingerprint density at radius 3 is 3.05 bits per heavy atom. The lowest BCUT2D eigenvalue weighted by molar-refractivity contribution is -0.0250. The van der Waals surface area contributed by atoms with Crippen LogP contribution in [0, 0.1) is 0 Å². The van der Waals surface area contributed by atoms with Gasteiger partial charge >= 0.3 is 5.69 Å². The lowest BCUT2D eigenvalue weighted by Crippen LogP contribution is -2.30. The molecule has 1 aromatic rings. The molecule has 1 fully saturated rings. The summed E-state index contributed by atoms with van der Waals surface area (Å²) in [6.45, 7) is 3.47. The molecule has 2 heterocycles. The van der Waals surface area contributed by atoms with E-state index in [9.17, 15) is 4.79 Å². The van der Waals surface area contributed by atoms with Gasteiger partial charge in [-0.2, -0.15) is 4.98 Å². The zero-order chi connectivity index (χ0) is 15.2. The normalized spacial score (nSPS) is 21.7. The molecule has 7 heteroatoms. The van der Waals surface area contributed by atoms with Gasteiger partial charge in [0.15, 0.2) is 0 Å². The summed E-state index contributed by atoms with van der Waals surface area (Å²) in [5.74, 6) is 1.39. The molecule has 0 amide bonds. The molecular weight excluding hydrogens is 290 g/mol. The zero-order valence-electron chi connectivity index (χ0n) is 12.8. The van der Waals surface area contributed by atoms with Crippen molar-refractivity contribution in [3.8, 4) is 0 Å². The predicted octanol–water partition coefficient (Wildman–Crippen LogP) is 1.71. The Labute approximate surface area is 129 Å². The first-order chi connectivity index (χ1) is 10.1. The van der Waals surface area contributed by atoms with Gasteiger partial charge in [-0.25, -0.2) is 4.79 Å². The second-order valence-corrected chi connectivity index (χ2v) is 6.34. The largest absolute Gasteiger partial charge is 0.378 e. The van der Waals surface area contributed by atoms with Gasteiger partial charge in [-0.3, -0.25) is 4.57 Å². The minimum absolute atomic E-state index is 0.00715. The monoisotopic (exact) mass is 313 g/mol. The Hall–Kier alpha value is -1.05. The van der Waals surface area contributed by atoms with Gasteiger partial charge in [0, 0.05) is 32.7 Å². The minimum Gasteiger partial charge on any atom is -0.378 e. The Kier molecular flexibility index (Phi) is 6.08. The van der Waals surface area contributed by atoms with E-state index in [0.29, 0.717) is 12.4 Å². The number of rotatable bonds is 7. The lowest BCUT2D eigenvalue weighted by atomic mass is 10.4. The molecular formula is C14H23N3O3S. The quantitative estimate of drug-likeness (QED) is 0.714. The van der Waals surface area contributed by atoms with Crippen LogP contribution in [0.4, 0.5) is 5.82 Å². The summed E-state index contributed by atoms with van der Waals surface area (Å²) >= 11 is 1.68. The Bertz CT molecular complexity index is 506. The molecule has 21 heavy (non-hydrogen) atoms. The van der Waals surface area contributed by atoms with Crippen LogP contribution in [0.5, 0.6) is 0 Å². The maximum Gasteiger partial charge on any atom is 0.351 e. The van der Waals surface area contributed by atoms with Crippen LogP contribution < -0.4 is 10.6 Å². The zero-order valence-corrected chi connectivity index (χ0v) is 13.6. The molecule has 6 nitrogen and oxygen atoms in total. The maximum atomic E-state index is 12.0. The van der Waals surface area contributed by atoms with Gasteiger partial charge in [-0.1, -0.05) is 13.3 Å². The predicted molar refractivity (Wildman–Crippen MR) is 84.9 cm³/mol. The van der Waals surface area contributed by atoms with Crippen molar-refractivity contribution in [3.63, 3.8) is 0 Å². The highest BCUT2D eigenvalue weighted by Gasteiger charge is 2.28. The number of hydrogen-bond acceptors (Lipinski definition) is 6. The number of ether oxygens (including phenoxy) is 2. The Morgan fingerprint density at radius 2 is 2.38 bits per heavy atom. The fraction of sp³-hybridized carbons (Fsp3) is 0.714. The highest BCUT2D eigenvalue weighted by atomic mass is 32.2. The second-order valence-electron chi connectivity index (χ2n) is 5.15. The molecule has 1 aliphatic heterocycles. The van der Waals surface area contributed by atoms with Gasteiger partial charge in [0.05, 0.1) is 6.61 Å². The third kappa shape index (κ3) is 4.46. The molecule has 0 unspecified atom stereocenters. The summed E-state index contributed by atoms with van der Waals surface area (Å²) < 4.78 is 13.0. The summed E-state index contributed by atoms with van der Waals surface area (Å²) in [6.07, 6.45) is 3.68. The van der Waals surface area contributed by atoms with Gasteiger partial charge in [-0.05, 0) is 12.5 Å². The molecule has 0 spiro atoms. The maximum absolute atomic E-state index is 12.0. The summed E-state index contributed by atoms with van der Waals surface area (Å²) in [6, 6.07) is 1.82. The molecule has 2 atom stereocenters. The van der Waals surface area contributed by atoms with Crippen molar-refractivity contribution in [3.05, 3.63) is 22.7 Å². The fourth-order valence-electron chi connectivity index (χ4n) is 1.97. The van der Waals surface area contributed by atoms with Crippen molar-refractivity contribution in [1.82, 2.24) is 9.55 Å². The summed E-state index contributed by atoms with van der Waals surface area (Å²) in [4.78, 5) is 17.9. The molecule has 1 aromatic heterocycles. The van der Waals surface area contributed by atoms with Gasteiger partial charge in [0.2, 0.25) is 0 Å². The topological polar surface area (TPSA) is 56.6 Å². The first kappa shape index (κ1) is 16.3. The molecule has 1 aliphatic rings. The van der Waals surface area contributed by atoms with Crippen LogP contribution in [0.2, 0.25) is 0 Å². The smallest absolute Gasteiger partial charge is 0.351 e. The van der Waals surface area contributed by atoms with E-state index in [2.05, 4.69) is 11.9 Å². The van der Waals surface area contributed by atoms with Crippen LogP contribution in [-0.4, -0.2) is 48.0 Å². The van der Waals surface area contributed by atoms with E-state index in [1.807, 2.05) is 20.2 Å². The molecule has 118 valence electrons. The van der Waals surface area contributed by atoms with Gasteiger partial charge < -0.3 is 14.4 Å². The first-order valence-electron chi connectivity index (χ1n) is 7.23. The van der Waals surface area contributed by atoms with E-state index in [1.165, 1.54) is 0 Å². The van der Waals surface area contributed by atoms with E-state index in [0.717, 1.165) is 25.2 Å². The van der Waals surface area contributed by atoms with Crippen LogP contribution in [0.3, 0.4) is 0 Å². The van der Waals surface area contributed by atoms with E-state index in [-0.39, 0.29) is 17.4 Å². The summed E-state index contributed by atoms with van der Waals surface area (Å²) in [7, 11) is 3.72. The molecule has 0 aliphatic carbocycles. The first-order valence-corrected chi connectivity index (χ1v) is 8.28. The van der Waals surface area contributed by atoms with E-state index < -0.39 is 0 Å². The van der Waals surface area contributed by atoms with Gasteiger partial charge in [-0.15, -0.1) is 11.8 Å². The standard InChI is InChI=1S/C14H23N3O3S/c1-4-5-8-19-9-13-20-12(10-21-13)17-7-6-11(16(2)3)15-14(17)18/h6-7,12-13H,4-5,8-10H2,1-3H3/t12-,13+/m1/s1. The van der Waals surface area contributed by atoms with Crippen molar-refractivity contribution in [2.24, 2.45) is 0 Å². The van der Waals surface area contributed by atoms with Crippen LogP contribution in [0.15, 0.2) is 17.1 Å². The molecule has 0 bridgehead atoms. The molecule has 0 N–H and O–H groups in total. The average molecular weight is 313 g/mol. The number of aromatic nitrogens is 2. The van der Waals surface area contributed by atoms with Crippen molar-refractivity contribution in [1.29, 1.82) is 0 Å². The number of hydrogen-bond donors (Lipinski definition) is 0. The van der Waals surface area contributed by atoms with E-state index in [1.54, 1.807) is 27.4 Å². The summed E-state index contributed by atoms with van der Waals surface area (Å²) in [5, 5.41) is 0. The number of thioether (sulfide) groups is 1. The Balaban J connectivity index is 1.90. The van der Waals surface area contributed by atoms with Crippen molar-refractivity contribution in [2.45, 2.75) is 31.4 Å². The van der Waals surface area contributed by atoms with Crippen molar-refractivity contribution >= 4 is 17.6 Å². The third-order valence-electron chi connectivity index (χ3n) is 3.21. The molecule has 0 radical (unpaired) electrons. The van der Waals surface area contributed by atoms with Gasteiger partial charge in [0.1, 0.15) is 17.5 Å². The van der Waals surface area contributed by atoms with Crippen LogP contribution >= 0.6 is 11.8 Å². The highest BCUT2D eigenvalue weighted by molar-refractivity contribution is 8.00. The van der Waals surface area contributed by atoms with Crippen molar-refractivity contribution in [2.75, 3.05) is 38.0 Å². The van der Waals surface area contributed by atoms with Crippen LogP contribution in [0.25, 0.3) is 0 Å².